The molecule has 4 saturated carbocycles. The van der Waals surface area contributed by atoms with Crippen LogP contribution in [0.1, 0.15) is 44.2 Å². The molecule has 148 valence electrons. The molecular weight excluding hydrogens is 392 g/mol. The van der Waals surface area contributed by atoms with Crippen LogP contribution in [0.5, 0.6) is 0 Å². The molecule has 0 saturated heterocycles. The lowest BCUT2D eigenvalue weighted by Crippen LogP contribution is -2.60. The highest BCUT2D eigenvalue weighted by Crippen LogP contribution is 2.55. The van der Waals surface area contributed by atoms with Gasteiger partial charge in [0.1, 0.15) is 5.01 Å². The third-order valence-electron chi connectivity index (χ3n) is 6.42. The number of thiophene rings is 1. The van der Waals surface area contributed by atoms with Gasteiger partial charge in [-0.1, -0.05) is 6.07 Å². The molecule has 1 N–H and O–H groups in total. The topological polar surface area (TPSA) is 68.3 Å². The molecule has 7 heteroatoms. The zero-order chi connectivity index (χ0) is 19.1. The number of carbonyl (C=O) groups excluding carboxylic acids is 2. The van der Waals surface area contributed by atoms with Gasteiger partial charge < -0.3 is 10.1 Å². The third kappa shape index (κ3) is 3.74. The molecule has 2 heterocycles. The molecule has 6 rings (SSSR count). The molecule has 5 nitrogen and oxygen atoms in total. The molecule has 4 fully saturated rings. The minimum absolute atomic E-state index is 0.0389. The molecule has 0 aromatic carbocycles. The van der Waals surface area contributed by atoms with Crippen LogP contribution in [0.25, 0.3) is 9.88 Å². The number of hydrogen-bond donors (Lipinski definition) is 1. The second kappa shape index (κ2) is 7.26. The van der Waals surface area contributed by atoms with Crippen molar-refractivity contribution in [2.45, 2.75) is 50.5 Å². The van der Waals surface area contributed by atoms with E-state index >= 15 is 0 Å². The molecule has 0 spiro atoms. The Morgan fingerprint density at radius 1 is 1.14 bits per heavy atom. The Morgan fingerprint density at radius 2 is 1.86 bits per heavy atom. The summed E-state index contributed by atoms with van der Waals surface area (Å²) < 4.78 is 5.24. The summed E-state index contributed by atoms with van der Waals surface area (Å²) >= 11 is 3.15. The van der Waals surface area contributed by atoms with Crippen LogP contribution < -0.4 is 5.32 Å². The fraction of sp³-hybridized carbons (Fsp3) is 0.571. The van der Waals surface area contributed by atoms with Gasteiger partial charge in [0.2, 0.25) is 0 Å². The monoisotopic (exact) mass is 416 g/mol. The van der Waals surface area contributed by atoms with Gasteiger partial charge in [-0.2, -0.15) is 0 Å². The number of hydrogen-bond acceptors (Lipinski definition) is 6. The third-order valence-corrected chi connectivity index (χ3v) is 8.35. The van der Waals surface area contributed by atoms with Gasteiger partial charge in [0.15, 0.2) is 6.61 Å². The van der Waals surface area contributed by atoms with Gasteiger partial charge in [-0.25, -0.2) is 4.98 Å². The Labute approximate surface area is 172 Å². The first-order valence-corrected chi connectivity index (χ1v) is 11.8. The van der Waals surface area contributed by atoms with E-state index in [9.17, 15) is 9.59 Å². The number of thiazole rings is 1. The van der Waals surface area contributed by atoms with Crippen molar-refractivity contribution in [1.29, 1.82) is 0 Å². The molecule has 4 aliphatic rings. The predicted molar refractivity (Wildman–Crippen MR) is 109 cm³/mol. The lowest BCUT2D eigenvalue weighted by Gasteiger charge is -2.56. The van der Waals surface area contributed by atoms with Gasteiger partial charge in [-0.3, -0.25) is 9.59 Å². The Kier molecular flexibility index (Phi) is 4.75. The van der Waals surface area contributed by atoms with Crippen molar-refractivity contribution in [3.63, 3.8) is 0 Å². The van der Waals surface area contributed by atoms with E-state index in [2.05, 4.69) is 10.3 Å². The predicted octanol–water partition coefficient (Wildman–Crippen LogP) is 4.04. The molecule has 0 unspecified atom stereocenters. The van der Waals surface area contributed by atoms with Crippen molar-refractivity contribution in [3.8, 4) is 9.88 Å². The summed E-state index contributed by atoms with van der Waals surface area (Å²) in [5, 5.41) is 8.04. The second-order valence-electron chi connectivity index (χ2n) is 8.70. The fourth-order valence-corrected chi connectivity index (χ4v) is 7.48. The van der Waals surface area contributed by atoms with E-state index in [-0.39, 0.29) is 24.5 Å². The number of esters is 1. The standard InChI is InChI=1S/C21H24N2O3S2/c24-18(23-21-8-13-4-14(9-21)6-15(5-13)10-21)11-26-19(25)7-16-12-28-20(22-16)17-2-1-3-27-17/h1-3,12-15H,4-11H2,(H,23,24). The average Bonchev–Trinajstić information content (AvgIpc) is 3.29. The van der Waals surface area contributed by atoms with Crippen molar-refractivity contribution in [2.24, 2.45) is 17.8 Å². The van der Waals surface area contributed by atoms with Crippen LogP contribution in [0.3, 0.4) is 0 Å². The van der Waals surface area contributed by atoms with Crippen molar-refractivity contribution >= 4 is 34.6 Å². The summed E-state index contributed by atoms with van der Waals surface area (Å²) in [6.07, 6.45) is 7.42. The molecule has 0 atom stereocenters. The molecule has 2 aromatic rings. The van der Waals surface area contributed by atoms with Gasteiger partial charge in [-0.15, -0.1) is 22.7 Å². The molecule has 28 heavy (non-hydrogen) atoms. The van der Waals surface area contributed by atoms with Crippen molar-refractivity contribution in [1.82, 2.24) is 10.3 Å². The van der Waals surface area contributed by atoms with Crippen LogP contribution in [-0.2, 0) is 20.7 Å². The van der Waals surface area contributed by atoms with Gasteiger partial charge >= 0.3 is 5.97 Å². The summed E-state index contributed by atoms with van der Waals surface area (Å²) in [6.45, 7) is -0.192. The first-order chi connectivity index (χ1) is 13.6. The molecular formula is C21H24N2O3S2. The number of amides is 1. The van der Waals surface area contributed by atoms with E-state index in [0.717, 1.165) is 46.9 Å². The maximum absolute atomic E-state index is 12.4. The zero-order valence-electron chi connectivity index (χ0n) is 15.7. The summed E-state index contributed by atoms with van der Waals surface area (Å²) in [5.41, 5.74) is 0.655. The zero-order valence-corrected chi connectivity index (χ0v) is 17.3. The molecule has 4 bridgehead atoms. The van der Waals surface area contributed by atoms with E-state index in [1.807, 2.05) is 22.9 Å². The smallest absolute Gasteiger partial charge is 0.312 e. The minimum Gasteiger partial charge on any atom is -0.455 e. The first-order valence-electron chi connectivity index (χ1n) is 10.0. The molecule has 0 aliphatic heterocycles. The number of nitrogens with one attached hydrogen (secondary N) is 1. The van der Waals surface area contributed by atoms with Crippen molar-refractivity contribution in [3.05, 3.63) is 28.6 Å². The number of carbonyl (C=O) groups is 2. The Balaban J connectivity index is 1.12. The van der Waals surface area contributed by atoms with Crippen LogP contribution in [0.15, 0.2) is 22.9 Å². The molecule has 1 amide bonds. The maximum Gasteiger partial charge on any atom is 0.312 e. The summed E-state index contributed by atoms with van der Waals surface area (Å²) in [4.78, 5) is 30.2. The number of aromatic nitrogens is 1. The van der Waals surface area contributed by atoms with Crippen LogP contribution in [0, 0.1) is 17.8 Å². The lowest BCUT2D eigenvalue weighted by atomic mass is 9.53. The normalized spacial score (nSPS) is 30.4. The summed E-state index contributed by atoms with van der Waals surface area (Å²) in [6, 6.07) is 4.00. The number of rotatable bonds is 6. The number of nitrogens with zero attached hydrogens (tertiary/aromatic N) is 1. The van der Waals surface area contributed by atoms with Crippen LogP contribution >= 0.6 is 22.7 Å². The van der Waals surface area contributed by atoms with Gasteiger partial charge in [0.25, 0.3) is 5.91 Å². The molecule has 4 aliphatic carbocycles. The van der Waals surface area contributed by atoms with Crippen molar-refractivity contribution < 1.29 is 14.3 Å². The van der Waals surface area contributed by atoms with E-state index in [4.69, 9.17) is 4.74 Å². The SMILES string of the molecule is O=C(COC(=O)Cc1csc(-c2cccs2)n1)NC12CC3CC(CC(C3)C1)C2. The van der Waals surface area contributed by atoms with Gasteiger partial charge in [0.05, 0.1) is 17.0 Å². The van der Waals surface area contributed by atoms with Gasteiger partial charge in [-0.05, 0) is 67.7 Å². The fourth-order valence-electron chi connectivity index (χ4n) is 5.84. The van der Waals surface area contributed by atoms with E-state index in [0.29, 0.717) is 5.69 Å². The van der Waals surface area contributed by atoms with E-state index < -0.39 is 5.97 Å². The quantitative estimate of drug-likeness (QED) is 0.722. The van der Waals surface area contributed by atoms with Crippen LogP contribution in [0.2, 0.25) is 0 Å². The van der Waals surface area contributed by atoms with E-state index in [1.165, 1.54) is 30.6 Å². The Hall–Kier alpha value is -1.73. The maximum atomic E-state index is 12.4. The molecule has 2 aromatic heterocycles. The molecule has 0 radical (unpaired) electrons. The first kappa shape index (κ1) is 18.3. The van der Waals surface area contributed by atoms with Crippen molar-refractivity contribution in [2.75, 3.05) is 6.61 Å². The Bertz CT molecular complexity index is 839. The Morgan fingerprint density at radius 3 is 2.50 bits per heavy atom. The van der Waals surface area contributed by atoms with E-state index in [1.54, 1.807) is 11.3 Å². The van der Waals surface area contributed by atoms with Gasteiger partial charge in [0, 0.05) is 10.9 Å². The highest BCUT2D eigenvalue weighted by atomic mass is 32.1. The largest absolute Gasteiger partial charge is 0.455 e. The summed E-state index contributed by atoms with van der Waals surface area (Å²) in [5.74, 6) is 1.76. The van der Waals surface area contributed by atoms with Crippen LogP contribution in [-0.4, -0.2) is 29.0 Å². The minimum atomic E-state index is -0.399. The highest BCUT2D eigenvalue weighted by molar-refractivity contribution is 7.20. The average molecular weight is 417 g/mol. The lowest BCUT2D eigenvalue weighted by molar-refractivity contribution is -0.149. The summed E-state index contributed by atoms with van der Waals surface area (Å²) in [7, 11) is 0. The second-order valence-corrected chi connectivity index (χ2v) is 10.5. The number of ether oxygens (including phenoxy) is 1. The highest BCUT2D eigenvalue weighted by Gasteiger charge is 2.51. The van der Waals surface area contributed by atoms with Crippen LogP contribution in [0.4, 0.5) is 0 Å².